The zero-order chi connectivity index (χ0) is 27.2. The van der Waals surface area contributed by atoms with Gasteiger partial charge in [0.1, 0.15) is 0 Å². The Morgan fingerprint density at radius 3 is 2.36 bits per heavy atom. The van der Waals surface area contributed by atoms with E-state index in [2.05, 4.69) is 15.5 Å². The van der Waals surface area contributed by atoms with Crippen LogP contribution in [0.2, 0.25) is 5.02 Å². The Kier molecular flexibility index (Phi) is 9.04. The van der Waals surface area contributed by atoms with Gasteiger partial charge in [-0.1, -0.05) is 36.9 Å². The second-order valence-electron chi connectivity index (χ2n) is 10.7. The van der Waals surface area contributed by atoms with E-state index < -0.39 is 0 Å². The molecule has 2 aromatic rings. The first-order chi connectivity index (χ1) is 19.0. The lowest BCUT2D eigenvalue weighted by Crippen LogP contribution is -2.46. The van der Waals surface area contributed by atoms with Crippen LogP contribution in [0.4, 0.5) is 11.4 Å². The van der Waals surface area contributed by atoms with Gasteiger partial charge in [-0.05, 0) is 55.7 Å². The molecule has 0 spiro atoms. The van der Waals surface area contributed by atoms with Crippen LogP contribution >= 0.6 is 11.6 Å². The summed E-state index contributed by atoms with van der Waals surface area (Å²) in [4.78, 5) is 45.8. The van der Waals surface area contributed by atoms with Crippen molar-refractivity contribution in [3.05, 3.63) is 58.6 Å². The summed E-state index contributed by atoms with van der Waals surface area (Å²) in [7, 11) is 0. The number of anilines is 2. The predicted molar refractivity (Wildman–Crippen MR) is 155 cm³/mol. The smallest absolute Gasteiger partial charge is 0.255 e. The Labute approximate surface area is 235 Å². The van der Waals surface area contributed by atoms with E-state index in [4.69, 9.17) is 11.6 Å². The van der Waals surface area contributed by atoms with Gasteiger partial charge in [-0.2, -0.15) is 0 Å². The van der Waals surface area contributed by atoms with Gasteiger partial charge in [0.2, 0.25) is 5.91 Å². The number of carbonyl (C=O) groups excluding carboxylic acids is 3. The molecule has 2 aliphatic heterocycles. The molecule has 0 bridgehead atoms. The Morgan fingerprint density at radius 2 is 1.59 bits per heavy atom. The number of hydrogen-bond acceptors (Lipinski definition) is 5. The second-order valence-corrected chi connectivity index (χ2v) is 11.2. The first-order valence-electron chi connectivity index (χ1n) is 14.2. The van der Waals surface area contributed by atoms with Gasteiger partial charge in [0.15, 0.2) is 0 Å². The SMILES string of the molecule is O=C(Nc1cc(C(=O)N2CCNCC2)ccc1N1CCCN(C(=O)C2CCCCC2)CC1)c1cccc(Cl)c1. The largest absolute Gasteiger partial charge is 0.368 e. The van der Waals surface area contributed by atoms with E-state index >= 15 is 0 Å². The molecule has 2 N–H and O–H groups in total. The van der Waals surface area contributed by atoms with Crippen molar-refractivity contribution in [2.75, 3.05) is 62.6 Å². The summed E-state index contributed by atoms with van der Waals surface area (Å²) in [5.74, 6) is 0.131. The molecule has 0 unspecified atom stereocenters. The van der Waals surface area contributed by atoms with Crippen molar-refractivity contribution in [1.82, 2.24) is 15.1 Å². The van der Waals surface area contributed by atoms with Gasteiger partial charge in [-0.25, -0.2) is 0 Å². The Bertz CT molecular complexity index is 1190. The fraction of sp³-hybridized carbons (Fsp3) is 0.500. The summed E-state index contributed by atoms with van der Waals surface area (Å²) in [6.07, 6.45) is 6.37. The maximum absolute atomic E-state index is 13.3. The molecule has 9 heteroatoms. The molecule has 2 aromatic carbocycles. The van der Waals surface area contributed by atoms with Crippen LogP contribution in [0.15, 0.2) is 42.5 Å². The molecule has 3 amide bonds. The number of nitrogens with one attached hydrogen (secondary N) is 2. The molecular formula is C30H38ClN5O3. The van der Waals surface area contributed by atoms with E-state index in [1.54, 1.807) is 30.3 Å². The zero-order valence-electron chi connectivity index (χ0n) is 22.5. The third-order valence-corrected chi connectivity index (χ3v) is 8.32. The summed E-state index contributed by atoms with van der Waals surface area (Å²) in [5.41, 5.74) is 2.44. The van der Waals surface area contributed by atoms with Crippen molar-refractivity contribution >= 4 is 40.7 Å². The van der Waals surface area contributed by atoms with Gasteiger partial charge in [0, 0.05) is 74.4 Å². The molecule has 8 nitrogen and oxygen atoms in total. The molecule has 0 aromatic heterocycles. The van der Waals surface area contributed by atoms with Crippen molar-refractivity contribution in [3.8, 4) is 0 Å². The summed E-state index contributed by atoms with van der Waals surface area (Å²) < 4.78 is 0. The summed E-state index contributed by atoms with van der Waals surface area (Å²) in [6.45, 7) is 5.68. The number of amides is 3. The number of nitrogens with zero attached hydrogens (tertiary/aromatic N) is 3. The number of halogens is 1. The Morgan fingerprint density at radius 1 is 0.795 bits per heavy atom. The quantitative estimate of drug-likeness (QED) is 0.580. The van der Waals surface area contributed by atoms with Crippen molar-refractivity contribution in [2.45, 2.75) is 38.5 Å². The molecule has 2 heterocycles. The fourth-order valence-corrected chi connectivity index (χ4v) is 6.10. The average molecular weight is 552 g/mol. The van der Waals surface area contributed by atoms with Crippen LogP contribution in [0, 0.1) is 5.92 Å². The lowest BCUT2D eigenvalue weighted by molar-refractivity contribution is -0.136. The van der Waals surface area contributed by atoms with Gasteiger partial charge in [-0.3, -0.25) is 14.4 Å². The highest BCUT2D eigenvalue weighted by Gasteiger charge is 2.28. The van der Waals surface area contributed by atoms with Gasteiger partial charge in [0.05, 0.1) is 11.4 Å². The highest BCUT2D eigenvalue weighted by molar-refractivity contribution is 6.31. The normalized spacial score (nSPS) is 18.9. The fourth-order valence-electron chi connectivity index (χ4n) is 5.91. The van der Waals surface area contributed by atoms with Crippen molar-refractivity contribution in [1.29, 1.82) is 0 Å². The van der Waals surface area contributed by atoms with Crippen LogP contribution in [-0.4, -0.2) is 79.9 Å². The maximum Gasteiger partial charge on any atom is 0.255 e. The molecule has 3 aliphatic rings. The Hall–Kier alpha value is -3.10. The maximum atomic E-state index is 13.3. The number of rotatable bonds is 5. The number of hydrogen-bond donors (Lipinski definition) is 2. The minimum absolute atomic E-state index is 0.0403. The second kappa shape index (κ2) is 12.8. The number of piperazine rings is 1. The van der Waals surface area contributed by atoms with Crippen molar-refractivity contribution < 1.29 is 14.4 Å². The molecular weight excluding hydrogens is 514 g/mol. The molecule has 5 rings (SSSR count). The lowest BCUT2D eigenvalue weighted by Gasteiger charge is -2.30. The highest BCUT2D eigenvalue weighted by atomic mass is 35.5. The molecule has 1 aliphatic carbocycles. The van der Waals surface area contributed by atoms with Gasteiger partial charge < -0.3 is 25.3 Å². The molecule has 208 valence electrons. The van der Waals surface area contributed by atoms with Crippen molar-refractivity contribution in [3.63, 3.8) is 0 Å². The molecule has 1 saturated carbocycles. The van der Waals surface area contributed by atoms with Crippen LogP contribution in [0.1, 0.15) is 59.2 Å². The topological polar surface area (TPSA) is 85.0 Å². The molecule has 39 heavy (non-hydrogen) atoms. The first-order valence-corrected chi connectivity index (χ1v) is 14.6. The first kappa shape index (κ1) is 27.5. The van der Waals surface area contributed by atoms with Crippen LogP contribution in [0.3, 0.4) is 0 Å². The third kappa shape index (κ3) is 6.73. The Balaban J connectivity index is 1.37. The lowest BCUT2D eigenvalue weighted by atomic mass is 9.88. The van der Waals surface area contributed by atoms with Crippen LogP contribution < -0.4 is 15.5 Å². The van der Waals surface area contributed by atoms with Crippen LogP contribution in [0.25, 0.3) is 0 Å². The number of carbonyl (C=O) groups is 3. The summed E-state index contributed by atoms with van der Waals surface area (Å²) >= 11 is 6.14. The molecule has 0 atom stereocenters. The highest BCUT2D eigenvalue weighted by Crippen LogP contribution is 2.31. The summed E-state index contributed by atoms with van der Waals surface area (Å²) in [5, 5.41) is 6.81. The van der Waals surface area contributed by atoms with E-state index in [-0.39, 0.29) is 17.7 Å². The van der Waals surface area contributed by atoms with Crippen molar-refractivity contribution in [2.24, 2.45) is 5.92 Å². The average Bonchev–Trinajstić information content (AvgIpc) is 3.23. The van der Waals surface area contributed by atoms with Gasteiger partial charge >= 0.3 is 0 Å². The molecule has 2 saturated heterocycles. The van der Waals surface area contributed by atoms with Gasteiger partial charge in [-0.15, -0.1) is 0 Å². The predicted octanol–water partition coefficient (Wildman–Crippen LogP) is 4.26. The zero-order valence-corrected chi connectivity index (χ0v) is 23.2. The summed E-state index contributed by atoms with van der Waals surface area (Å²) in [6, 6.07) is 12.4. The molecule has 3 fully saturated rings. The standard InChI is InChI=1S/C30H38ClN5O3/c31-25-9-4-8-23(20-25)28(37)33-26-21-24(30(39)36-16-12-32-13-17-36)10-11-27(26)34-14-5-15-35(19-18-34)29(38)22-6-2-1-3-7-22/h4,8-11,20-22,32H,1-3,5-7,12-19H2,(H,33,37). The molecule has 0 radical (unpaired) electrons. The van der Waals surface area contributed by atoms with Gasteiger partial charge in [0.25, 0.3) is 11.8 Å². The van der Waals surface area contributed by atoms with E-state index in [1.165, 1.54) is 6.42 Å². The number of benzene rings is 2. The minimum atomic E-state index is -0.283. The van der Waals surface area contributed by atoms with E-state index in [9.17, 15) is 14.4 Å². The monoisotopic (exact) mass is 551 g/mol. The van der Waals surface area contributed by atoms with E-state index in [0.29, 0.717) is 53.9 Å². The van der Waals surface area contributed by atoms with E-state index in [0.717, 1.165) is 64.0 Å². The van der Waals surface area contributed by atoms with Crippen LogP contribution in [0.5, 0.6) is 0 Å². The van der Waals surface area contributed by atoms with Crippen LogP contribution in [-0.2, 0) is 4.79 Å². The minimum Gasteiger partial charge on any atom is -0.368 e. The third-order valence-electron chi connectivity index (χ3n) is 8.09. The van der Waals surface area contributed by atoms with E-state index in [1.807, 2.05) is 21.9 Å².